The molecule has 1 aromatic rings. The van der Waals surface area contributed by atoms with Gasteiger partial charge in [0, 0.05) is 18.2 Å². The number of nitrogens with one attached hydrogen (secondary N) is 1. The molecule has 3 N–H and O–H groups in total. The molecule has 13 heteroatoms. The molecule has 0 aliphatic rings. The van der Waals surface area contributed by atoms with Crippen molar-refractivity contribution in [3.63, 3.8) is 0 Å². The third kappa shape index (κ3) is 13.2. The zero-order chi connectivity index (χ0) is 25.6. The molecule has 0 atom stereocenters. The topological polar surface area (TPSA) is 166 Å². The zero-order valence-electron chi connectivity index (χ0n) is 18.2. The number of ether oxygens (including phenoxy) is 3. The van der Waals surface area contributed by atoms with Crippen LogP contribution < -0.4 is 5.32 Å². The van der Waals surface area contributed by atoms with E-state index in [9.17, 15) is 24.0 Å². The average Bonchev–Trinajstić information content (AvgIpc) is 2.69. The fraction of sp³-hybridized carbons (Fsp3) is 0.450. The third-order valence-corrected chi connectivity index (χ3v) is 4.30. The summed E-state index contributed by atoms with van der Waals surface area (Å²) in [6.45, 7) is 5.16. The summed E-state index contributed by atoms with van der Waals surface area (Å²) in [5.74, 6) is -6.20. The van der Waals surface area contributed by atoms with Crippen molar-refractivity contribution in [2.75, 3.05) is 5.32 Å². The van der Waals surface area contributed by atoms with Gasteiger partial charge in [-0.3, -0.25) is 24.0 Å². The van der Waals surface area contributed by atoms with E-state index in [1.807, 2.05) is 0 Å². The summed E-state index contributed by atoms with van der Waals surface area (Å²) in [4.78, 5) is 55.5. The Bertz CT molecular complexity index is 827. The van der Waals surface area contributed by atoms with Crippen molar-refractivity contribution in [2.45, 2.75) is 59.5 Å². The maximum Gasteiger partial charge on any atom is 0.329 e. The third-order valence-electron chi connectivity index (χ3n) is 3.46. The highest BCUT2D eigenvalue weighted by atomic mass is 35.5. The average molecular weight is 510 g/mol. The SMILES string of the molecule is CC(=O)OCc1c(NC(OC(=O)CC(=O)O)OC(=O)CC(=O)O)ccc(Cl)c1Cl.CCCC. The van der Waals surface area contributed by atoms with Crippen LogP contribution in [0.4, 0.5) is 5.69 Å². The van der Waals surface area contributed by atoms with E-state index >= 15 is 0 Å². The Labute approximate surface area is 199 Å². The van der Waals surface area contributed by atoms with Crippen LogP contribution in [0.15, 0.2) is 12.1 Å². The fourth-order valence-electron chi connectivity index (χ4n) is 1.82. The van der Waals surface area contributed by atoms with E-state index in [1.165, 1.54) is 25.0 Å². The highest BCUT2D eigenvalue weighted by Crippen LogP contribution is 2.32. The summed E-state index contributed by atoms with van der Waals surface area (Å²) < 4.78 is 14.3. The molecular formula is C20H25Cl2NO10. The van der Waals surface area contributed by atoms with Gasteiger partial charge in [-0.25, -0.2) is 0 Å². The first-order valence-electron chi connectivity index (χ1n) is 9.60. The van der Waals surface area contributed by atoms with Crippen LogP contribution >= 0.6 is 23.2 Å². The van der Waals surface area contributed by atoms with E-state index in [2.05, 4.69) is 19.2 Å². The molecule has 0 saturated carbocycles. The number of carboxylic acids is 2. The summed E-state index contributed by atoms with van der Waals surface area (Å²) in [6.07, 6.45) is -1.35. The first-order chi connectivity index (χ1) is 15.4. The van der Waals surface area contributed by atoms with Crippen molar-refractivity contribution in [1.82, 2.24) is 0 Å². The van der Waals surface area contributed by atoms with Crippen LogP contribution in [0.2, 0.25) is 10.0 Å². The van der Waals surface area contributed by atoms with Crippen molar-refractivity contribution in [3.8, 4) is 0 Å². The van der Waals surface area contributed by atoms with Gasteiger partial charge in [0.05, 0.1) is 10.0 Å². The summed E-state index contributed by atoms with van der Waals surface area (Å²) in [6, 6.07) is 2.66. The number of rotatable bonds is 11. The maximum atomic E-state index is 11.6. The summed E-state index contributed by atoms with van der Waals surface area (Å²) in [5, 5.41) is 19.8. The molecule has 0 aliphatic carbocycles. The lowest BCUT2D eigenvalue weighted by atomic mass is 10.2. The number of hydrogen-bond acceptors (Lipinski definition) is 9. The highest BCUT2D eigenvalue weighted by Gasteiger charge is 2.24. The molecule has 0 heterocycles. The van der Waals surface area contributed by atoms with Crippen molar-refractivity contribution in [3.05, 3.63) is 27.7 Å². The molecule has 0 aliphatic heterocycles. The molecule has 0 saturated heterocycles. The van der Waals surface area contributed by atoms with Gasteiger partial charge in [-0.1, -0.05) is 49.9 Å². The molecule has 33 heavy (non-hydrogen) atoms. The molecule has 11 nitrogen and oxygen atoms in total. The Balaban J connectivity index is 0.00000235. The zero-order valence-corrected chi connectivity index (χ0v) is 19.7. The van der Waals surface area contributed by atoms with Gasteiger partial charge in [0.25, 0.3) is 0 Å². The Hall–Kier alpha value is -3.05. The fourth-order valence-corrected chi connectivity index (χ4v) is 2.22. The lowest BCUT2D eigenvalue weighted by Crippen LogP contribution is -2.33. The van der Waals surface area contributed by atoms with Crippen molar-refractivity contribution in [2.24, 2.45) is 0 Å². The molecule has 0 fully saturated rings. The molecule has 0 bridgehead atoms. The van der Waals surface area contributed by atoms with Gasteiger partial charge < -0.3 is 29.7 Å². The second-order valence-corrected chi connectivity index (χ2v) is 7.05. The molecule has 0 spiro atoms. The molecule has 0 unspecified atom stereocenters. The van der Waals surface area contributed by atoms with E-state index < -0.39 is 49.1 Å². The minimum absolute atomic E-state index is 0.0228. The van der Waals surface area contributed by atoms with Crippen LogP contribution in [0.3, 0.4) is 0 Å². The number of halogens is 2. The van der Waals surface area contributed by atoms with Crippen LogP contribution in [0, 0.1) is 0 Å². The standard InChI is InChI=1S/C16H15Cl2NO10.C4H10/c1-7(20)27-6-8-10(3-2-9(17)15(8)18)19-16(28-13(25)4-11(21)22)29-14(26)5-12(23)24;1-3-4-2/h2-3,16,19H,4-6H2,1H3,(H,21,22)(H,23,24);3-4H2,1-2H3. The normalized spacial score (nSPS) is 9.88. The van der Waals surface area contributed by atoms with Crippen LogP contribution in [-0.4, -0.2) is 46.5 Å². The number of carboxylic acid groups (broad SMARTS) is 2. The second kappa shape index (κ2) is 15.7. The van der Waals surface area contributed by atoms with E-state index in [0.717, 1.165) is 6.92 Å². The number of aliphatic carboxylic acids is 2. The quantitative estimate of drug-likeness (QED) is 0.226. The predicted octanol–water partition coefficient (Wildman–Crippen LogP) is 3.59. The van der Waals surface area contributed by atoms with Crippen LogP contribution in [0.25, 0.3) is 0 Å². The minimum Gasteiger partial charge on any atom is -0.481 e. The van der Waals surface area contributed by atoms with Gasteiger partial charge in [-0.15, -0.1) is 0 Å². The van der Waals surface area contributed by atoms with E-state index in [1.54, 1.807) is 0 Å². The van der Waals surface area contributed by atoms with Crippen LogP contribution in [-0.2, 0) is 44.8 Å². The van der Waals surface area contributed by atoms with E-state index in [4.69, 9.17) is 47.6 Å². The Kier molecular flexibility index (Phi) is 14.3. The molecule has 0 aromatic heterocycles. The Morgan fingerprint density at radius 2 is 1.42 bits per heavy atom. The highest BCUT2D eigenvalue weighted by molar-refractivity contribution is 6.42. The van der Waals surface area contributed by atoms with E-state index in [0.29, 0.717) is 0 Å². The number of benzene rings is 1. The van der Waals surface area contributed by atoms with Gasteiger partial charge in [0.15, 0.2) is 0 Å². The Morgan fingerprint density at radius 1 is 0.939 bits per heavy atom. The largest absolute Gasteiger partial charge is 0.481 e. The molecule has 1 rings (SSSR count). The predicted molar refractivity (Wildman–Crippen MR) is 117 cm³/mol. The monoisotopic (exact) mass is 509 g/mol. The first kappa shape index (κ1) is 29.9. The van der Waals surface area contributed by atoms with Gasteiger partial charge >= 0.3 is 36.3 Å². The lowest BCUT2D eigenvalue weighted by Gasteiger charge is -2.22. The lowest BCUT2D eigenvalue weighted by molar-refractivity contribution is -0.184. The molecule has 184 valence electrons. The van der Waals surface area contributed by atoms with Gasteiger partial charge in [0.2, 0.25) is 0 Å². The maximum absolute atomic E-state index is 11.6. The van der Waals surface area contributed by atoms with Crippen molar-refractivity contribution in [1.29, 1.82) is 0 Å². The second-order valence-electron chi connectivity index (χ2n) is 6.26. The Morgan fingerprint density at radius 3 is 1.82 bits per heavy atom. The first-order valence-corrected chi connectivity index (χ1v) is 10.4. The molecular weight excluding hydrogens is 485 g/mol. The summed E-state index contributed by atoms with van der Waals surface area (Å²) in [5.41, 5.74) is 0.180. The van der Waals surface area contributed by atoms with Crippen molar-refractivity contribution < 1.29 is 48.4 Å². The number of anilines is 1. The number of carbonyl (C=O) groups excluding carboxylic acids is 3. The number of hydrogen-bond donors (Lipinski definition) is 3. The minimum atomic E-state index is -1.90. The van der Waals surface area contributed by atoms with Crippen molar-refractivity contribution >= 4 is 58.7 Å². The molecule has 0 amide bonds. The van der Waals surface area contributed by atoms with E-state index in [-0.39, 0.29) is 27.9 Å². The smallest absolute Gasteiger partial charge is 0.329 e. The van der Waals surface area contributed by atoms with Gasteiger partial charge in [-0.05, 0) is 12.1 Å². The summed E-state index contributed by atoms with van der Waals surface area (Å²) >= 11 is 12.0. The van der Waals surface area contributed by atoms with Crippen LogP contribution in [0.5, 0.6) is 0 Å². The number of carbonyl (C=O) groups is 5. The number of esters is 3. The summed E-state index contributed by atoms with van der Waals surface area (Å²) in [7, 11) is 0. The number of unbranched alkanes of at least 4 members (excludes halogenated alkanes) is 1. The molecule has 0 radical (unpaired) electrons. The molecule has 1 aromatic carbocycles. The van der Waals surface area contributed by atoms with Crippen LogP contribution in [0.1, 0.15) is 52.0 Å². The van der Waals surface area contributed by atoms with Gasteiger partial charge in [0.1, 0.15) is 19.4 Å². The van der Waals surface area contributed by atoms with Gasteiger partial charge in [-0.2, -0.15) is 0 Å².